The predicted octanol–water partition coefficient (Wildman–Crippen LogP) is 3.57. The Balaban J connectivity index is 1.99. The molecule has 0 aromatic heterocycles. The van der Waals surface area contributed by atoms with Gasteiger partial charge in [-0.05, 0) is 51.0 Å². The summed E-state index contributed by atoms with van der Waals surface area (Å²) < 4.78 is 0. The predicted molar refractivity (Wildman–Crippen MR) is 79.6 cm³/mol. The van der Waals surface area contributed by atoms with E-state index in [2.05, 4.69) is 24.5 Å². The molecule has 2 N–H and O–H groups in total. The molecule has 104 valence electrons. The summed E-state index contributed by atoms with van der Waals surface area (Å²) in [5.74, 6) is 0.0486. The van der Waals surface area contributed by atoms with Crippen LogP contribution in [0.3, 0.4) is 0 Å². The fraction of sp³-hybridized carbons (Fsp3) is 0.562. The van der Waals surface area contributed by atoms with Gasteiger partial charge < -0.3 is 10.6 Å². The summed E-state index contributed by atoms with van der Waals surface area (Å²) in [6.45, 7) is 5.12. The van der Waals surface area contributed by atoms with E-state index in [1.165, 1.54) is 19.3 Å². The molecule has 1 saturated carbocycles. The van der Waals surface area contributed by atoms with Crippen molar-refractivity contribution in [2.75, 3.05) is 11.9 Å². The highest BCUT2D eigenvalue weighted by molar-refractivity contribution is 5.95. The second-order valence-corrected chi connectivity index (χ2v) is 5.68. The normalized spacial score (nSPS) is 17.8. The van der Waals surface area contributed by atoms with Gasteiger partial charge in [0.05, 0.1) is 0 Å². The third-order valence-electron chi connectivity index (χ3n) is 3.90. The molecule has 3 heteroatoms. The summed E-state index contributed by atoms with van der Waals surface area (Å²) in [7, 11) is 0. The molecule has 1 aliphatic carbocycles. The van der Waals surface area contributed by atoms with Crippen LogP contribution in [0.5, 0.6) is 0 Å². The molecule has 0 atom stereocenters. The molecule has 1 aromatic rings. The van der Waals surface area contributed by atoms with Crippen molar-refractivity contribution in [3.63, 3.8) is 0 Å². The van der Waals surface area contributed by atoms with E-state index in [1.807, 2.05) is 24.3 Å². The molecule has 2 rings (SSSR count). The molecule has 0 saturated heterocycles. The summed E-state index contributed by atoms with van der Waals surface area (Å²) >= 11 is 0. The zero-order chi connectivity index (χ0) is 13.7. The van der Waals surface area contributed by atoms with Crippen LogP contribution in [-0.2, 0) is 0 Å². The molecule has 1 amide bonds. The Morgan fingerprint density at radius 2 is 1.79 bits per heavy atom. The van der Waals surface area contributed by atoms with E-state index in [9.17, 15) is 4.79 Å². The van der Waals surface area contributed by atoms with Crippen molar-refractivity contribution in [3.05, 3.63) is 29.8 Å². The van der Waals surface area contributed by atoms with E-state index >= 15 is 0 Å². The molecule has 19 heavy (non-hydrogen) atoms. The first kappa shape index (κ1) is 13.9. The topological polar surface area (TPSA) is 41.1 Å². The molecule has 0 bridgehead atoms. The van der Waals surface area contributed by atoms with E-state index in [0.29, 0.717) is 0 Å². The van der Waals surface area contributed by atoms with Gasteiger partial charge in [0, 0.05) is 23.3 Å². The van der Waals surface area contributed by atoms with Crippen molar-refractivity contribution in [2.24, 2.45) is 0 Å². The van der Waals surface area contributed by atoms with Crippen molar-refractivity contribution >= 4 is 11.6 Å². The minimum absolute atomic E-state index is 0.0182. The highest BCUT2D eigenvalue weighted by Crippen LogP contribution is 2.27. The number of hydrogen-bond acceptors (Lipinski definition) is 2. The van der Waals surface area contributed by atoms with Crippen LogP contribution in [-0.4, -0.2) is 18.0 Å². The van der Waals surface area contributed by atoms with Gasteiger partial charge in [-0.15, -0.1) is 0 Å². The van der Waals surface area contributed by atoms with Crippen LogP contribution in [0.4, 0.5) is 5.69 Å². The minimum Gasteiger partial charge on any atom is -0.385 e. The lowest BCUT2D eigenvalue weighted by molar-refractivity contribution is 0.0883. The standard InChI is InChI=1S/C16H24N2O/c1-3-17-14-9-7-13(8-10-14)15(19)18-16(2)11-5-4-6-12-16/h7-10,17H,3-6,11-12H2,1-2H3,(H,18,19). The Kier molecular flexibility index (Phi) is 4.46. The van der Waals surface area contributed by atoms with Crippen LogP contribution >= 0.6 is 0 Å². The van der Waals surface area contributed by atoms with Gasteiger partial charge in [0.2, 0.25) is 0 Å². The summed E-state index contributed by atoms with van der Waals surface area (Å²) in [4.78, 5) is 12.3. The number of rotatable bonds is 4. The van der Waals surface area contributed by atoms with E-state index in [0.717, 1.165) is 30.6 Å². The molecule has 0 heterocycles. The second kappa shape index (κ2) is 6.09. The summed E-state index contributed by atoms with van der Waals surface area (Å²) in [6.07, 6.45) is 5.91. The summed E-state index contributed by atoms with van der Waals surface area (Å²) in [6, 6.07) is 7.70. The lowest BCUT2D eigenvalue weighted by atomic mass is 9.83. The molecule has 0 radical (unpaired) electrons. The summed E-state index contributed by atoms with van der Waals surface area (Å²) in [5, 5.41) is 6.43. The molecule has 1 aliphatic rings. The quantitative estimate of drug-likeness (QED) is 0.869. The van der Waals surface area contributed by atoms with Crippen molar-refractivity contribution in [2.45, 2.75) is 51.5 Å². The van der Waals surface area contributed by atoms with Crippen LogP contribution in [0.1, 0.15) is 56.3 Å². The largest absolute Gasteiger partial charge is 0.385 e. The van der Waals surface area contributed by atoms with E-state index < -0.39 is 0 Å². The second-order valence-electron chi connectivity index (χ2n) is 5.68. The maximum absolute atomic E-state index is 12.3. The maximum atomic E-state index is 12.3. The fourth-order valence-corrected chi connectivity index (χ4v) is 2.75. The number of benzene rings is 1. The fourth-order valence-electron chi connectivity index (χ4n) is 2.75. The van der Waals surface area contributed by atoms with E-state index in [4.69, 9.17) is 0 Å². The highest BCUT2D eigenvalue weighted by atomic mass is 16.1. The van der Waals surface area contributed by atoms with Crippen LogP contribution in [0, 0.1) is 0 Å². The van der Waals surface area contributed by atoms with Crippen LogP contribution in [0.2, 0.25) is 0 Å². The molecule has 0 aliphatic heterocycles. The number of carbonyl (C=O) groups is 1. The first-order chi connectivity index (χ1) is 9.13. The third kappa shape index (κ3) is 3.72. The molecular formula is C16H24N2O. The molecule has 1 fully saturated rings. The Bertz CT molecular complexity index is 419. The van der Waals surface area contributed by atoms with Gasteiger partial charge >= 0.3 is 0 Å². The van der Waals surface area contributed by atoms with Crippen LogP contribution in [0.25, 0.3) is 0 Å². The zero-order valence-electron chi connectivity index (χ0n) is 12.0. The molecular weight excluding hydrogens is 236 g/mol. The van der Waals surface area contributed by atoms with Gasteiger partial charge in [-0.25, -0.2) is 0 Å². The van der Waals surface area contributed by atoms with Gasteiger partial charge in [-0.2, -0.15) is 0 Å². The van der Waals surface area contributed by atoms with Crippen molar-refractivity contribution in [1.82, 2.24) is 5.32 Å². The summed E-state index contributed by atoms with van der Waals surface area (Å²) in [5.41, 5.74) is 1.78. The van der Waals surface area contributed by atoms with Gasteiger partial charge in [0.25, 0.3) is 5.91 Å². The monoisotopic (exact) mass is 260 g/mol. The average molecular weight is 260 g/mol. The van der Waals surface area contributed by atoms with Crippen molar-refractivity contribution < 1.29 is 4.79 Å². The first-order valence-electron chi connectivity index (χ1n) is 7.29. The first-order valence-corrected chi connectivity index (χ1v) is 7.29. The average Bonchev–Trinajstić information content (AvgIpc) is 2.40. The van der Waals surface area contributed by atoms with Crippen molar-refractivity contribution in [3.8, 4) is 0 Å². The van der Waals surface area contributed by atoms with Gasteiger partial charge in [-0.1, -0.05) is 19.3 Å². The lowest BCUT2D eigenvalue weighted by Crippen LogP contribution is -2.47. The smallest absolute Gasteiger partial charge is 0.251 e. The van der Waals surface area contributed by atoms with Gasteiger partial charge in [0.15, 0.2) is 0 Å². The number of hydrogen-bond donors (Lipinski definition) is 2. The Morgan fingerprint density at radius 3 is 2.37 bits per heavy atom. The molecule has 1 aromatic carbocycles. The lowest BCUT2D eigenvalue weighted by Gasteiger charge is -2.34. The SMILES string of the molecule is CCNc1ccc(C(=O)NC2(C)CCCCC2)cc1. The van der Waals surface area contributed by atoms with Gasteiger partial charge in [0.1, 0.15) is 0 Å². The van der Waals surface area contributed by atoms with E-state index in [1.54, 1.807) is 0 Å². The van der Waals surface area contributed by atoms with Crippen molar-refractivity contribution in [1.29, 1.82) is 0 Å². The molecule has 0 spiro atoms. The third-order valence-corrected chi connectivity index (χ3v) is 3.90. The van der Waals surface area contributed by atoms with Crippen LogP contribution < -0.4 is 10.6 Å². The van der Waals surface area contributed by atoms with Crippen LogP contribution in [0.15, 0.2) is 24.3 Å². The number of amides is 1. The Hall–Kier alpha value is -1.51. The number of carbonyl (C=O) groups excluding carboxylic acids is 1. The Labute approximate surface area is 115 Å². The number of anilines is 1. The van der Waals surface area contributed by atoms with E-state index in [-0.39, 0.29) is 11.4 Å². The molecule has 0 unspecified atom stereocenters. The molecule has 3 nitrogen and oxygen atoms in total. The minimum atomic E-state index is -0.0182. The maximum Gasteiger partial charge on any atom is 0.251 e. The highest BCUT2D eigenvalue weighted by Gasteiger charge is 2.28. The zero-order valence-corrected chi connectivity index (χ0v) is 12.0. The van der Waals surface area contributed by atoms with Gasteiger partial charge in [-0.3, -0.25) is 4.79 Å². The Morgan fingerprint density at radius 1 is 1.16 bits per heavy atom. The number of nitrogens with one attached hydrogen (secondary N) is 2.